The van der Waals surface area contributed by atoms with Gasteiger partial charge in [0, 0.05) is 5.92 Å². The second kappa shape index (κ2) is 3.42. The van der Waals surface area contributed by atoms with Gasteiger partial charge in [0.25, 0.3) is 0 Å². The van der Waals surface area contributed by atoms with E-state index in [2.05, 4.69) is 20.8 Å². The maximum atomic E-state index is 11.4. The Morgan fingerprint density at radius 2 is 2.25 bits per heavy atom. The average Bonchev–Trinajstić information content (AvgIpc) is 2.35. The molecule has 0 saturated heterocycles. The van der Waals surface area contributed by atoms with Crippen LogP contribution in [-0.4, -0.2) is 5.78 Å². The second-order valence-electron chi connectivity index (χ2n) is 4.33. The average molecular weight is 166 g/mol. The molecule has 1 nitrogen and oxygen atoms in total. The summed E-state index contributed by atoms with van der Waals surface area (Å²) in [6.45, 7) is 6.58. The molecule has 1 rings (SSSR count). The predicted molar refractivity (Wildman–Crippen MR) is 50.9 cm³/mol. The van der Waals surface area contributed by atoms with Crippen LogP contribution in [-0.2, 0) is 4.79 Å². The molecule has 0 saturated carbocycles. The molecule has 0 fully saturated rings. The first-order valence-corrected chi connectivity index (χ1v) is 4.78. The van der Waals surface area contributed by atoms with E-state index in [0.717, 1.165) is 19.3 Å². The van der Waals surface area contributed by atoms with Gasteiger partial charge >= 0.3 is 0 Å². The van der Waals surface area contributed by atoms with Crippen LogP contribution in [0.15, 0.2) is 12.2 Å². The van der Waals surface area contributed by atoms with Gasteiger partial charge in [0.1, 0.15) is 0 Å². The summed E-state index contributed by atoms with van der Waals surface area (Å²) in [4.78, 5) is 11.4. The summed E-state index contributed by atoms with van der Waals surface area (Å²) in [6.07, 6.45) is 7.00. The number of ketones is 1. The van der Waals surface area contributed by atoms with E-state index < -0.39 is 0 Å². The van der Waals surface area contributed by atoms with E-state index in [9.17, 15) is 4.79 Å². The van der Waals surface area contributed by atoms with Crippen LogP contribution < -0.4 is 0 Å². The van der Waals surface area contributed by atoms with Crippen LogP contribution in [0, 0.1) is 11.3 Å². The van der Waals surface area contributed by atoms with Crippen molar-refractivity contribution in [3.05, 3.63) is 12.2 Å². The summed E-state index contributed by atoms with van der Waals surface area (Å²) in [5, 5.41) is 0. The molecule has 0 amide bonds. The Bertz CT molecular complexity index is 201. The number of hydrogen-bond donors (Lipinski definition) is 0. The maximum Gasteiger partial charge on any atom is 0.159 e. The van der Waals surface area contributed by atoms with Crippen LogP contribution in [0.1, 0.15) is 40.0 Å². The van der Waals surface area contributed by atoms with Gasteiger partial charge in [-0.05, 0) is 24.3 Å². The van der Waals surface area contributed by atoms with E-state index in [1.54, 1.807) is 6.08 Å². The Balaban J connectivity index is 2.62. The van der Waals surface area contributed by atoms with Crippen molar-refractivity contribution in [3.63, 3.8) is 0 Å². The highest BCUT2D eigenvalue weighted by Crippen LogP contribution is 2.37. The van der Waals surface area contributed by atoms with Gasteiger partial charge in [-0.3, -0.25) is 4.79 Å². The third-order valence-electron chi connectivity index (χ3n) is 2.84. The lowest BCUT2D eigenvalue weighted by atomic mass is 9.74. The highest BCUT2D eigenvalue weighted by Gasteiger charge is 2.34. The van der Waals surface area contributed by atoms with Gasteiger partial charge in [-0.25, -0.2) is 0 Å². The molecule has 12 heavy (non-hydrogen) atoms. The van der Waals surface area contributed by atoms with E-state index >= 15 is 0 Å². The molecule has 0 aliphatic heterocycles. The molecule has 0 aromatic heterocycles. The summed E-state index contributed by atoms with van der Waals surface area (Å²) >= 11 is 0. The van der Waals surface area contributed by atoms with Crippen molar-refractivity contribution >= 4 is 5.78 Å². The fourth-order valence-electron chi connectivity index (χ4n) is 2.08. The van der Waals surface area contributed by atoms with Crippen LogP contribution in [0.25, 0.3) is 0 Å². The van der Waals surface area contributed by atoms with Crippen molar-refractivity contribution in [1.29, 1.82) is 0 Å². The minimum absolute atomic E-state index is 0.190. The molecule has 0 radical (unpaired) electrons. The monoisotopic (exact) mass is 166 g/mol. The first kappa shape index (κ1) is 9.50. The molecule has 1 aliphatic rings. The molecule has 1 aliphatic carbocycles. The van der Waals surface area contributed by atoms with Gasteiger partial charge in [-0.2, -0.15) is 0 Å². The van der Waals surface area contributed by atoms with E-state index in [4.69, 9.17) is 0 Å². The third-order valence-corrected chi connectivity index (χ3v) is 2.84. The fraction of sp³-hybridized carbons (Fsp3) is 0.727. The van der Waals surface area contributed by atoms with Gasteiger partial charge in [-0.1, -0.05) is 33.3 Å². The lowest BCUT2D eigenvalue weighted by Gasteiger charge is -2.29. The van der Waals surface area contributed by atoms with Crippen LogP contribution in [0.2, 0.25) is 0 Å². The second-order valence-corrected chi connectivity index (χ2v) is 4.33. The van der Waals surface area contributed by atoms with Gasteiger partial charge in [0.05, 0.1) is 0 Å². The van der Waals surface area contributed by atoms with Crippen LogP contribution in [0.5, 0.6) is 0 Å². The Morgan fingerprint density at radius 1 is 1.58 bits per heavy atom. The lowest BCUT2D eigenvalue weighted by Crippen LogP contribution is -2.27. The summed E-state index contributed by atoms with van der Waals surface area (Å²) < 4.78 is 0. The Hall–Kier alpha value is -0.590. The van der Waals surface area contributed by atoms with Crippen LogP contribution in [0.4, 0.5) is 0 Å². The maximum absolute atomic E-state index is 11.4. The molecule has 0 spiro atoms. The molecule has 68 valence electrons. The zero-order valence-electron chi connectivity index (χ0n) is 8.26. The molecule has 1 heteroatoms. The minimum atomic E-state index is 0.190. The molecule has 1 unspecified atom stereocenters. The SMILES string of the molecule is CCCC(C)(C)C1CC=CC1=O. The number of rotatable bonds is 3. The van der Waals surface area contributed by atoms with E-state index in [1.807, 2.05) is 6.08 Å². The highest BCUT2D eigenvalue weighted by atomic mass is 16.1. The standard InChI is InChI=1S/C11H18O/c1-4-8-11(2,3)9-6-5-7-10(9)12/h5,7,9H,4,6,8H2,1-3H3. The van der Waals surface area contributed by atoms with Crippen molar-refractivity contribution in [2.24, 2.45) is 11.3 Å². The number of hydrogen-bond acceptors (Lipinski definition) is 1. The van der Waals surface area contributed by atoms with Crippen molar-refractivity contribution in [2.45, 2.75) is 40.0 Å². The molecule has 1 atom stereocenters. The predicted octanol–water partition coefficient (Wildman–Crippen LogP) is 2.96. The molecular weight excluding hydrogens is 148 g/mol. The molecule has 0 bridgehead atoms. The Morgan fingerprint density at radius 3 is 2.67 bits per heavy atom. The topological polar surface area (TPSA) is 17.1 Å². The van der Waals surface area contributed by atoms with Crippen molar-refractivity contribution < 1.29 is 4.79 Å². The van der Waals surface area contributed by atoms with Crippen molar-refractivity contribution in [1.82, 2.24) is 0 Å². The van der Waals surface area contributed by atoms with Gasteiger partial charge < -0.3 is 0 Å². The Labute approximate surface area is 74.9 Å². The van der Waals surface area contributed by atoms with E-state index in [0.29, 0.717) is 5.78 Å². The first-order valence-electron chi connectivity index (χ1n) is 4.78. The quantitative estimate of drug-likeness (QED) is 0.630. The van der Waals surface area contributed by atoms with Crippen LogP contribution >= 0.6 is 0 Å². The molecule has 0 aromatic carbocycles. The number of carbonyl (C=O) groups excluding carboxylic acids is 1. The summed E-state index contributed by atoms with van der Waals surface area (Å²) in [7, 11) is 0. The van der Waals surface area contributed by atoms with Gasteiger partial charge in [-0.15, -0.1) is 0 Å². The minimum Gasteiger partial charge on any atom is -0.295 e. The largest absolute Gasteiger partial charge is 0.295 e. The van der Waals surface area contributed by atoms with E-state index in [-0.39, 0.29) is 11.3 Å². The van der Waals surface area contributed by atoms with Crippen molar-refractivity contribution in [2.75, 3.05) is 0 Å². The number of allylic oxidation sites excluding steroid dienone is 2. The molecule has 0 N–H and O–H groups in total. The molecular formula is C11H18O. The first-order chi connectivity index (χ1) is 5.58. The van der Waals surface area contributed by atoms with Crippen molar-refractivity contribution in [3.8, 4) is 0 Å². The smallest absolute Gasteiger partial charge is 0.159 e. The summed E-state index contributed by atoms with van der Waals surface area (Å²) in [5.41, 5.74) is 0.190. The van der Waals surface area contributed by atoms with E-state index in [1.165, 1.54) is 0 Å². The summed E-state index contributed by atoms with van der Waals surface area (Å²) in [5.74, 6) is 0.575. The normalized spacial score (nSPS) is 23.6. The van der Waals surface area contributed by atoms with Crippen LogP contribution in [0.3, 0.4) is 0 Å². The summed E-state index contributed by atoms with van der Waals surface area (Å²) in [6, 6.07) is 0. The molecule has 0 aromatic rings. The van der Waals surface area contributed by atoms with Gasteiger partial charge in [0.15, 0.2) is 5.78 Å². The lowest BCUT2D eigenvalue weighted by molar-refractivity contribution is -0.120. The zero-order chi connectivity index (χ0) is 9.19. The zero-order valence-corrected chi connectivity index (χ0v) is 8.26. The van der Waals surface area contributed by atoms with Gasteiger partial charge in [0.2, 0.25) is 0 Å². The number of carbonyl (C=O) groups is 1. The Kier molecular flexibility index (Phi) is 2.71. The molecule has 0 heterocycles. The fourth-order valence-corrected chi connectivity index (χ4v) is 2.08. The third kappa shape index (κ3) is 1.77. The highest BCUT2D eigenvalue weighted by molar-refractivity contribution is 5.94.